The third-order valence-electron chi connectivity index (χ3n) is 5.50. The Morgan fingerprint density at radius 3 is 2.67 bits per heavy atom. The number of carbonyl (C=O) groups excluding carboxylic acids is 1. The van der Waals surface area contributed by atoms with Gasteiger partial charge in [0.05, 0.1) is 10.6 Å². The molecule has 1 amide bonds. The first-order valence-corrected chi connectivity index (χ1v) is 9.73. The van der Waals surface area contributed by atoms with Crippen molar-refractivity contribution in [3.05, 3.63) is 58.4 Å². The van der Waals surface area contributed by atoms with E-state index in [0.717, 1.165) is 56.7 Å². The Hall–Kier alpha value is -2.58. The molecule has 1 unspecified atom stereocenters. The van der Waals surface area contributed by atoms with E-state index in [2.05, 4.69) is 16.0 Å². The molecule has 0 aliphatic carbocycles. The average Bonchev–Trinajstić information content (AvgIpc) is 3.40. The standard InChI is InChI=1S/C21H21ClN4O/c22-19-11-18(5-3-15(19)12-23)26-10-7-17(14-26)16-4-6-20(24-13-16)21(27)25-8-1-2-9-25/h3-6,11,13,17H,1-2,7-10,14H2. The van der Waals surface area contributed by atoms with Crippen LogP contribution in [0.15, 0.2) is 36.5 Å². The van der Waals surface area contributed by atoms with Gasteiger partial charge in [-0.05, 0) is 49.1 Å². The van der Waals surface area contributed by atoms with E-state index >= 15 is 0 Å². The van der Waals surface area contributed by atoms with Gasteiger partial charge in [0.1, 0.15) is 11.8 Å². The van der Waals surface area contributed by atoms with Crippen LogP contribution in [0.4, 0.5) is 5.69 Å². The van der Waals surface area contributed by atoms with E-state index in [0.29, 0.717) is 22.2 Å². The molecule has 3 heterocycles. The molecular weight excluding hydrogens is 360 g/mol. The van der Waals surface area contributed by atoms with Crippen LogP contribution in [-0.2, 0) is 0 Å². The number of halogens is 1. The van der Waals surface area contributed by atoms with E-state index in [4.69, 9.17) is 16.9 Å². The second-order valence-electron chi connectivity index (χ2n) is 7.18. The van der Waals surface area contributed by atoms with Gasteiger partial charge in [-0.25, -0.2) is 0 Å². The highest BCUT2D eigenvalue weighted by Gasteiger charge is 2.26. The van der Waals surface area contributed by atoms with Crippen molar-refractivity contribution in [1.82, 2.24) is 9.88 Å². The number of amides is 1. The van der Waals surface area contributed by atoms with Gasteiger partial charge in [-0.15, -0.1) is 0 Å². The van der Waals surface area contributed by atoms with E-state index in [1.54, 1.807) is 6.07 Å². The number of likely N-dealkylation sites (tertiary alicyclic amines) is 1. The van der Waals surface area contributed by atoms with Gasteiger partial charge in [-0.2, -0.15) is 5.26 Å². The zero-order chi connectivity index (χ0) is 18.8. The highest BCUT2D eigenvalue weighted by atomic mass is 35.5. The molecular formula is C21H21ClN4O. The number of benzene rings is 1. The fourth-order valence-electron chi connectivity index (χ4n) is 3.91. The van der Waals surface area contributed by atoms with E-state index in [-0.39, 0.29) is 5.91 Å². The Morgan fingerprint density at radius 2 is 2.00 bits per heavy atom. The molecule has 0 spiro atoms. The molecule has 1 aromatic heterocycles. The molecule has 1 atom stereocenters. The van der Waals surface area contributed by atoms with Crippen molar-refractivity contribution in [3.8, 4) is 6.07 Å². The Morgan fingerprint density at radius 1 is 1.19 bits per heavy atom. The Balaban J connectivity index is 1.43. The van der Waals surface area contributed by atoms with Crippen LogP contribution in [0, 0.1) is 11.3 Å². The normalized spacial score (nSPS) is 19.3. The Labute approximate surface area is 164 Å². The Bertz CT molecular complexity index is 884. The second-order valence-corrected chi connectivity index (χ2v) is 7.59. The van der Waals surface area contributed by atoms with Crippen LogP contribution >= 0.6 is 11.6 Å². The van der Waals surface area contributed by atoms with Crippen molar-refractivity contribution in [2.45, 2.75) is 25.2 Å². The largest absolute Gasteiger partial charge is 0.371 e. The lowest BCUT2D eigenvalue weighted by atomic mass is 10.00. The van der Waals surface area contributed by atoms with Crippen LogP contribution in [0.3, 0.4) is 0 Å². The van der Waals surface area contributed by atoms with Gasteiger partial charge in [0, 0.05) is 44.0 Å². The van der Waals surface area contributed by atoms with E-state index in [9.17, 15) is 4.79 Å². The average molecular weight is 381 g/mol. The van der Waals surface area contributed by atoms with Crippen LogP contribution in [0.5, 0.6) is 0 Å². The van der Waals surface area contributed by atoms with Gasteiger partial charge in [0.2, 0.25) is 0 Å². The molecule has 0 N–H and O–H groups in total. The maximum absolute atomic E-state index is 12.4. The predicted molar refractivity (Wildman–Crippen MR) is 105 cm³/mol. The first kappa shape index (κ1) is 17.8. The van der Waals surface area contributed by atoms with Gasteiger partial charge in [0.25, 0.3) is 5.91 Å². The molecule has 1 aromatic carbocycles. The van der Waals surface area contributed by atoms with Crippen molar-refractivity contribution >= 4 is 23.2 Å². The Kier molecular flexibility index (Phi) is 5.00. The van der Waals surface area contributed by atoms with E-state index in [1.165, 1.54) is 0 Å². The number of rotatable bonds is 3. The van der Waals surface area contributed by atoms with Crippen molar-refractivity contribution in [2.24, 2.45) is 0 Å². The van der Waals surface area contributed by atoms with Crippen molar-refractivity contribution in [1.29, 1.82) is 5.26 Å². The number of anilines is 1. The number of hydrogen-bond acceptors (Lipinski definition) is 4. The quantitative estimate of drug-likeness (QED) is 0.811. The fraction of sp³-hybridized carbons (Fsp3) is 0.381. The second kappa shape index (κ2) is 7.58. The number of aromatic nitrogens is 1. The summed E-state index contributed by atoms with van der Waals surface area (Å²) in [4.78, 5) is 21.0. The van der Waals surface area contributed by atoms with Crippen molar-refractivity contribution < 1.29 is 4.79 Å². The molecule has 4 rings (SSSR count). The maximum Gasteiger partial charge on any atom is 0.272 e. The van der Waals surface area contributed by atoms with E-state index < -0.39 is 0 Å². The van der Waals surface area contributed by atoms with Crippen LogP contribution in [0.25, 0.3) is 0 Å². The minimum atomic E-state index is 0.0410. The number of pyridine rings is 1. The minimum absolute atomic E-state index is 0.0410. The summed E-state index contributed by atoms with van der Waals surface area (Å²) in [7, 11) is 0. The molecule has 0 radical (unpaired) electrons. The van der Waals surface area contributed by atoms with Crippen LogP contribution in [0.1, 0.15) is 46.8 Å². The van der Waals surface area contributed by atoms with E-state index in [1.807, 2.05) is 35.4 Å². The minimum Gasteiger partial charge on any atom is -0.371 e. The van der Waals surface area contributed by atoms with Crippen LogP contribution in [0.2, 0.25) is 5.02 Å². The predicted octanol–water partition coefficient (Wildman–Crippen LogP) is 3.84. The summed E-state index contributed by atoms with van der Waals surface area (Å²) in [6, 6.07) is 11.6. The third-order valence-corrected chi connectivity index (χ3v) is 5.81. The summed E-state index contributed by atoms with van der Waals surface area (Å²) < 4.78 is 0. The van der Waals surface area contributed by atoms with Gasteiger partial charge in [-0.3, -0.25) is 9.78 Å². The van der Waals surface area contributed by atoms with Crippen LogP contribution in [-0.4, -0.2) is 42.0 Å². The maximum atomic E-state index is 12.4. The van der Waals surface area contributed by atoms with Gasteiger partial charge in [-0.1, -0.05) is 17.7 Å². The zero-order valence-corrected chi connectivity index (χ0v) is 15.8. The SMILES string of the molecule is N#Cc1ccc(N2CCC(c3ccc(C(=O)N4CCCC4)nc3)C2)cc1Cl. The molecule has 2 fully saturated rings. The lowest BCUT2D eigenvalue weighted by molar-refractivity contribution is 0.0787. The molecule has 6 heteroatoms. The molecule has 138 valence electrons. The van der Waals surface area contributed by atoms with Crippen molar-refractivity contribution in [2.75, 3.05) is 31.1 Å². The molecule has 2 aromatic rings. The monoisotopic (exact) mass is 380 g/mol. The molecule has 2 saturated heterocycles. The van der Waals surface area contributed by atoms with Crippen molar-refractivity contribution in [3.63, 3.8) is 0 Å². The highest BCUT2D eigenvalue weighted by Crippen LogP contribution is 2.32. The lowest BCUT2D eigenvalue weighted by Crippen LogP contribution is -2.28. The molecule has 5 nitrogen and oxygen atoms in total. The summed E-state index contributed by atoms with van der Waals surface area (Å²) >= 11 is 6.17. The first-order valence-electron chi connectivity index (χ1n) is 9.35. The molecule has 2 aliphatic heterocycles. The molecule has 27 heavy (non-hydrogen) atoms. The summed E-state index contributed by atoms with van der Waals surface area (Å²) in [6.45, 7) is 3.49. The smallest absolute Gasteiger partial charge is 0.272 e. The summed E-state index contributed by atoms with van der Waals surface area (Å²) in [6.07, 6.45) is 5.05. The number of hydrogen-bond donors (Lipinski definition) is 0. The third kappa shape index (κ3) is 3.63. The highest BCUT2D eigenvalue weighted by molar-refractivity contribution is 6.32. The summed E-state index contributed by atoms with van der Waals surface area (Å²) in [5.41, 5.74) is 3.23. The molecule has 0 saturated carbocycles. The lowest BCUT2D eigenvalue weighted by Gasteiger charge is -2.19. The van der Waals surface area contributed by atoms with Gasteiger partial charge < -0.3 is 9.80 Å². The fourth-order valence-corrected chi connectivity index (χ4v) is 4.13. The molecule has 2 aliphatic rings. The van der Waals surface area contributed by atoms with Crippen LogP contribution < -0.4 is 4.90 Å². The number of carbonyl (C=O) groups is 1. The zero-order valence-electron chi connectivity index (χ0n) is 15.1. The van der Waals surface area contributed by atoms with Gasteiger partial charge >= 0.3 is 0 Å². The number of nitrogens with zero attached hydrogens (tertiary/aromatic N) is 4. The van der Waals surface area contributed by atoms with Gasteiger partial charge in [0.15, 0.2) is 0 Å². The summed E-state index contributed by atoms with van der Waals surface area (Å²) in [5.74, 6) is 0.419. The molecule has 0 bridgehead atoms. The summed E-state index contributed by atoms with van der Waals surface area (Å²) in [5, 5.41) is 9.50. The topological polar surface area (TPSA) is 60.2 Å². The number of nitriles is 1. The first-order chi connectivity index (χ1) is 13.2.